The Kier molecular flexibility index (Phi) is 21.6. The van der Waals surface area contributed by atoms with Crippen molar-refractivity contribution in [2.75, 3.05) is 40.9 Å². The van der Waals surface area contributed by atoms with Crippen LogP contribution in [0, 0.1) is 34.9 Å². The topological polar surface area (TPSA) is 382 Å². The summed E-state index contributed by atoms with van der Waals surface area (Å²) < 4.78 is 145. The van der Waals surface area contributed by atoms with Crippen molar-refractivity contribution < 1.29 is 84.6 Å². The molecule has 12 heterocycles. The van der Waals surface area contributed by atoms with Gasteiger partial charge in [-0.25, -0.2) is 94.9 Å². The summed E-state index contributed by atoms with van der Waals surface area (Å²) in [5.41, 5.74) is -0.205. The van der Waals surface area contributed by atoms with Crippen LogP contribution in [-0.2, 0) is 19.2 Å². The van der Waals surface area contributed by atoms with E-state index in [4.69, 9.17) is 11.6 Å². The molecular formula is C69H88ClF11N24O4. The Morgan fingerprint density at radius 3 is 1.25 bits per heavy atom. The van der Waals surface area contributed by atoms with Gasteiger partial charge in [-0.15, -0.1) is 0 Å². The number of aromatic amines is 4. The van der Waals surface area contributed by atoms with Crippen LogP contribution in [0.4, 0.5) is 71.6 Å². The smallest absolute Gasteiger partial charge is 0.356 e. The van der Waals surface area contributed by atoms with Crippen LogP contribution in [0.1, 0.15) is 90.3 Å². The third kappa shape index (κ3) is 17.7. The quantitative estimate of drug-likeness (QED) is 0.0297. The molecule has 40 heteroatoms. The van der Waals surface area contributed by atoms with Crippen LogP contribution in [0.15, 0.2) is 105 Å². The molecule has 3 aliphatic carbocycles. The molecule has 592 valence electrons. The van der Waals surface area contributed by atoms with E-state index in [2.05, 4.69) is 117 Å². The van der Waals surface area contributed by atoms with Crippen molar-refractivity contribution in [3.8, 4) is 45.6 Å². The number of likely N-dealkylation sites (N-methyl/N-ethyl adjacent to an activating group) is 1. The number of pyridine rings is 4. The first kappa shape index (κ1) is 76.3. The minimum atomic E-state index is -4.56. The summed E-state index contributed by atoms with van der Waals surface area (Å²) >= 11 is 6.06. The minimum Gasteiger partial charge on any atom is -0.356 e. The minimum absolute atomic E-state index is 0. The molecule has 3 saturated carbocycles. The molecule has 4 amide bonds. The lowest BCUT2D eigenvalue weighted by Crippen LogP contribution is -2.50. The van der Waals surface area contributed by atoms with E-state index < -0.39 is 94.6 Å². The maximum atomic E-state index is 14.2. The largest absolute Gasteiger partial charge is 0.405 e. The Bertz CT molecular complexity index is 5470. The highest BCUT2D eigenvalue weighted by Crippen LogP contribution is 2.43. The van der Waals surface area contributed by atoms with Crippen molar-refractivity contribution in [1.82, 2.24) is 101 Å². The molecule has 15 rings (SSSR count). The Balaban J connectivity index is 0.00000154. The van der Waals surface area contributed by atoms with E-state index in [1.54, 1.807) is 36.2 Å². The first-order chi connectivity index (χ1) is 51.8. The lowest BCUT2D eigenvalue weighted by atomic mass is 10.0. The number of hydrogen-bond donors (Lipinski definition) is 12. The summed E-state index contributed by atoms with van der Waals surface area (Å²) in [5.74, 6) is -5.04. The SMILES string of the molecule is CC(C)NC(=O)C(C)(C)Nc1ccnc(-c2c[nH]c3ncc(Cl)cc23)n1.CCNC(=O)C1(Nc2nc(-c3c[nH]c4ncc(F)cc34)ncc2F)CC1.O=C(NCC(F)(F)F)C1(Nc2nc(-c3c[nH]c4ncc(F)cc34)ncc2F)CC1.O=C(NCC(F)F)C1(Nc2nc(-c3c[nH]c4ncc(F)cc34)ncc2F)CC1.[HH].[HH].[HH].[HH].[HH].[HH].[HH].[HH].[HH].[HH].[HH].[HH]. The van der Waals surface area contributed by atoms with Crippen molar-refractivity contribution >= 4 is 103 Å². The molecular weight excluding hydrogens is 1470 g/mol. The second-order valence-corrected chi connectivity index (χ2v) is 26.6. The number of rotatable bonds is 21. The van der Waals surface area contributed by atoms with Gasteiger partial charge in [-0.3, -0.25) is 19.2 Å². The number of nitrogens with zero attached hydrogens (tertiary/aromatic N) is 12. The number of amides is 4. The fourth-order valence-corrected chi connectivity index (χ4v) is 11.2. The average Bonchev–Trinajstić information content (AvgIpc) is 1.63. The van der Waals surface area contributed by atoms with Gasteiger partial charge in [-0.1, -0.05) is 11.6 Å². The predicted octanol–water partition coefficient (Wildman–Crippen LogP) is 14.3. The predicted molar refractivity (Wildman–Crippen MR) is 403 cm³/mol. The van der Waals surface area contributed by atoms with Gasteiger partial charge in [0.2, 0.25) is 23.6 Å². The van der Waals surface area contributed by atoms with Crippen LogP contribution >= 0.6 is 11.6 Å². The van der Waals surface area contributed by atoms with Crippen LogP contribution in [0.3, 0.4) is 0 Å². The van der Waals surface area contributed by atoms with E-state index in [0.29, 0.717) is 104 Å². The highest BCUT2D eigenvalue weighted by molar-refractivity contribution is 6.31. The molecule has 0 saturated heterocycles. The summed E-state index contributed by atoms with van der Waals surface area (Å²) in [5, 5.41) is 23.6. The van der Waals surface area contributed by atoms with E-state index in [9.17, 15) is 67.5 Å². The fraction of sp³-hybridized carbons (Fsp3) is 0.304. The third-order valence-electron chi connectivity index (χ3n) is 17.1. The zero-order valence-electron chi connectivity index (χ0n) is 57.9. The van der Waals surface area contributed by atoms with Gasteiger partial charge in [-0.2, -0.15) is 13.2 Å². The van der Waals surface area contributed by atoms with Crippen LogP contribution in [0.2, 0.25) is 5.02 Å². The first-order valence-electron chi connectivity index (χ1n) is 33.4. The van der Waals surface area contributed by atoms with Gasteiger partial charge in [-0.05, 0) is 103 Å². The maximum absolute atomic E-state index is 14.2. The molecule has 12 N–H and O–H groups in total. The van der Waals surface area contributed by atoms with E-state index in [1.807, 2.05) is 40.7 Å². The number of H-pyrrole nitrogens is 4. The van der Waals surface area contributed by atoms with Gasteiger partial charge in [0.05, 0.1) is 48.7 Å². The molecule has 0 radical (unpaired) electrons. The number of halogens is 12. The van der Waals surface area contributed by atoms with E-state index >= 15 is 0 Å². The second kappa shape index (κ2) is 30.9. The molecule has 0 aromatic carbocycles. The molecule has 3 fully saturated rings. The summed E-state index contributed by atoms with van der Waals surface area (Å²) in [6, 6.07) is 7.38. The normalized spacial score (nSPS) is 14.3. The molecule has 0 bridgehead atoms. The lowest BCUT2D eigenvalue weighted by Gasteiger charge is -2.27. The Labute approximate surface area is 631 Å². The summed E-state index contributed by atoms with van der Waals surface area (Å²) in [6.07, 6.45) is 10.7. The highest BCUT2D eigenvalue weighted by atomic mass is 35.5. The number of anilines is 4. The van der Waals surface area contributed by atoms with E-state index in [0.717, 1.165) is 48.1 Å². The van der Waals surface area contributed by atoms with E-state index in [-0.39, 0.29) is 82.7 Å². The number of aromatic nitrogens is 16. The monoisotopic (exact) mass is 1560 g/mol. The molecule has 12 aromatic rings. The van der Waals surface area contributed by atoms with Crippen LogP contribution < -0.4 is 42.5 Å². The summed E-state index contributed by atoms with van der Waals surface area (Å²) in [7, 11) is 0. The fourth-order valence-electron chi connectivity index (χ4n) is 11.1. The van der Waals surface area contributed by atoms with Crippen molar-refractivity contribution in [3.05, 3.63) is 145 Å². The van der Waals surface area contributed by atoms with Gasteiger partial charge in [0, 0.05) is 111 Å². The van der Waals surface area contributed by atoms with Crippen molar-refractivity contribution in [3.63, 3.8) is 0 Å². The Morgan fingerprint density at radius 2 is 0.881 bits per heavy atom. The van der Waals surface area contributed by atoms with Gasteiger partial charge >= 0.3 is 6.18 Å². The molecule has 109 heavy (non-hydrogen) atoms. The number of alkyl halides is 5. The van der Waals surface area contributed by atoms with Gasteiger partial charge in [0.1, 0.15) is 74.6 Å². The average molecular weight is 1560 g/mol. The van der Waals surface area contributed by atoms with Gasteiger partial charge in [0.25, 0.3) is 6.43 Å². The molecule has 3 aliphatic rings. The Hall–Kier alpha value is -12.3. The van der Waals surface area contributed by atoms with Crippen LogP contribution in [-0.4, -0.2) is 164 Å². The number of carbonyl (C=O) groups excluding carboxylic acids is 4. The Morgan fingerprint density at radius 1 is 0.514 bits per heavy atom. The molecule has 0 aliphatic heterocycles. The molecule has 12 aromatic heterocycles. The number of fused-ring (bicyclic) bond motifs is 4. The van der Waals surface area contributed by atoms with Crippen molar-refractivity contribution in [1.29, 1.82) is 0 Å². The highest BCUT2D eigenvalue weighted by Gasteiger charge is 2.53. The number of nitrogens with one attached hydrogen (secondary N) is 12. The number of hydrogen-bond acceptors (Lipinski definition) is 20. The summed E-state index contributed by atoms with van der Waals surface area (Å²) in [6.45, 7) is 7.51. The first-order valence-corrected chi connectivity index (χ1v) is 33.8. The maximum Gasteiger partial charge on any atom is 0.405 e. The van der Waals surface area contributed by atoms with Gasteiger partial charge in [0.15, 0.2) is 58.2 Å². The van der Waals surface area contributed by atoms with Gasteiger partial charge < -0.3 is 62.5 Å². The van der Waals surface area contributed by atoms with Crippen molar-refractivity contribution in [2.24, 2.45) is 0 Å². The second-order valence-electron chi connectivity index (χ2n) is 26.2. The van der Waals surface area contributed by atoms with Crippen LogP contribution in [0.5, 0.6) is 0 Å². The van der Waals surface area contributed by atoms with Crippen LogP contribution in [0.25, 0.3) is 89.7 Å². The van der Waals surface area contributed by atoms with Crippen molar-refractivity contribution in [2.45, 2.75) is 114 Å². The molecule has 0 unspecified atom stereocenters. The molecule has 28 nitrogen and oxygen atoms in total. The molecule has 0 spiro atoms. The zero-order chi connectivity index (χ0) is 77.9. The lowest BCUT2D eigenvalue weighted by molar-refractivity contribution is -0.139. The summed E-state index contributed by atoms with van der Waals surface area (Å²) in [4.78, 5) is 109. The zero-order valence-corrected chi connectivity index (χ0v) is 58.6. The number of carbonyl (C=O) groups is 4. The van der Waals surface area contributed by atoms with E-state index in [1.165, 1.54) is 30.6 Å². The third-order valence-corrected chi connectivity index (χ3v) is 17.3. The standard InChI is InChI=1S/C18H21ClN6O.C17H13F5N6O.C17H14F4N6O.C17H16F2N6O.12H2/c1-10(2)23-17(26)18(3,4)25-14-5-6-20-16(24-14)13-9-22-15-12(13)7-11(19)8-21-15;18-8-3-9-10(5-24-12(9)23-4-8)13-25-6-11(19)14(27-13)28-16(1-2-16)15(29)26-7-17(20,21)22;18-8-3-9-10(5-23-13(9)22-4-8)14-24-6-11(19)15(26-14)27-17(1-2-17)16(28)25-7-12(20)21;1-2-20-16(26)17(3-4-17)25-15-12(19)8-23-14(24-15)11-7-22-13-10(11)5-9(18)6-21-13;;;;;;;;;;;;/h5-10H,1-4H3,(H,21,22)(H,23,26)(H,20,24,25);3-6H,1-2,7H2,(H,23,24)(H,26,29)(H,25,27,28);3-6,12H,1-2,7H2,(H,22,23)(H,25,28)(H,24,26,27);5-8H,2-4H2,1H3,(H,20,26)(H,21,22)(H,23,24,25);12*1H. The molecule has 0 atom stereocenters.